The molecule has 0 unspecified atom stereocenters. The van der Waals surface area contributed by atoms with E-state index in [0.29, 0.717) is 22.2 Å². The number of unbranched alkanes of at least 4 members (excludes halogenated alkanes) is 2. The molecule has 3 rings (SSSR count). The first-order valence-electron chi connectivity index (χ1n) is 8.12. The van der Waals surface area contributed by atoms with Gasteiger partial charge in [-0.05, 0) is 35.4 Å². The fourth-order valence-electron chi connectivity index (χ4n) is 2.88. The van der Waals surface area contributed by atoms with Crippen molar-refractivity contribution in [2.75, 3.05) is 0 Å². The fraction of sp³-hybridized carbons (Fsp3) is 0.250. The Hall–Kier alpha value is -1.77. The van der Waals surface area contributed by atoms with Crippen LogP contribution in [0, 0.1) is 0 Å². The standard InChI is InChI=1S/C20H18Cl2O2/c1-2-3-4-11-17(23)24-20-18-13(7-5-9-15(18)21)12-14-8-6-10-16(22)19(14)20/h5-10,12H,2-4,11H2,1H3. The van der Waals surface area contributed by atoms with Gasteiger partial charge in [0.2, 0.25) is 0 Å². The highest BCUT2D eigenvalue weighted by atomic mass is 35.5. The van der Waals surface area contributed by atoms with Crippen LogP contribution in [-0.2, 0) is 4.79 Å². The van der Waals surface area contributed by atoms with E-state index in [1.807, 2.05) is 30.3 Å². The lowest BCUT2D eigenvalue weighted by Gasteiger charge is -2.14. The predicted molar refractivity (Wildman–Crippen MR) is 101 cm³/mol. The average Bonchev–Trinajstić information content (AvgIpc) is 2.55. The zero-order valence-electron chi connectivity index (χ0n) is 13.4. The third-order valence-electron chi connectivity index (χ3n) is 4.06. The summed E-state index contributed by atoms with van der Waals surface area (Å²) in [7, 11) is 0. The lowest BCUT2D eigenvalue weighted by Crippen LogP contribution is -2.08. The maximum atomic E-state index is 12.3. The molecule has 0 aliphatic heterocycles. The second kappa shape index (κ2) is 7.42. The highest BCUT2D eigenvalue weighted by Gasteiger charge is 2.17. The Morgan fingerprint density at radius 2 is 1.54 bits per heavy atom. The van der Waals surface area contributed by atoms with Crippen molar-refractivity contribution in [3.8, 4) is 5.75 Å². The molecule has 3 aromatic carbocycles. The van der Waals surface area contributed by atoms with E-state index in [1.54, 1.807) is 12.1 Å². The Morgan fingerprint density at radius 1 is 0.958 bits per heavy atom. The number of benzene rings is 3. The van der Waals surface area contributed by atoms with Crippen LogP contribution < -0.4 is 4.74 Å². The summed E-state index contributed by atoms with van der Waals surface area (Å²) in [5.41, 5.74) is 0. The molecule has 0 aromatic heterocycles. The number of halogens is 2. The topological polar surface area (TPSA) is 26.3 Å². The molecule has 0 heterocycles. The molecule has 4 heteroatoms. The summed E-state index contributed by atoms with van der Waals surface area (Å²) < 4.78 is 5.74. The van der Waals surface area contributed by atoms with Crippen LogP contribution in [0.2, 0.25) is 10.0 Å². The van der Waals surface area contributed by atoms with E-state index in [4.69, 9.17) is 27.9 Å². The Labute approximate surface area is 151 Å². The molecule has 2 nitrogen and oxygen atoms in total. The number of hydrogen-bond acceptors (Lipinski definition) is 2. The van der Waals surface area contributed by atoms with Crippen LogP contribution in [0.15, 0.2) is 42.5 Å². The summed E-state index contributed by atoms with van der Waals surface area (Å²) >= 11 is 12.8. The maximum Gasteiger partial charge on any atom is 0.311 e. The van der Waals surface area contributed by atoms with Crippen molar-refractivity contribution in [2.24, 2.45) is 0 Å². The molecule has 124 valence electrons. The molecule has 0 spiro atoms. The number of rotatable bonds is 5. The predicted octanol–water partition coefficient (Wildman–Crippen LogP) is 6.79. The summed E-state index contributed by atoms with van der Waals surface area (Å²) in [5, 5.41) is 4.39. The molecular formula is C20H18Cl2O2. The van der Waals surface area contributed by atoms with E-state index in [9.17, 15) is 4.79 Å². The fourth-order valence-corrected chi connectivity index (χ4v) is 3.42. The largest absolute Gasteiger partial charge is 0.425 e. The number of carbonyl (C=O) groups excluding carboxylic acids is 1. The van der Waals surface area contributed by atoms with Gasteiger partial charge in [0.15, 0.2) is 0 Å². The first kappa shape index (κ1) is 17.1. The molecule has 0 aliphatic rings. The Kier molecular flexibility index (Phi) is 5.27. The monoisotopic (exact) mass is 360 g/mol. The molecule has 24 heavy (non-hydrogen) atoms. The van der Waals surface area contributed by atoms with E-state index in [2.05, 4.69) is 6.92 Å². The zero-order chi connectivity index (χ0) is 17.1. The first-order chi connectivity index (χ1) is 11.6. The van der Waals surface area contributed by atoms with Crippen molar-refractivity contribution in [1.29, 1.82) is 0 Å². The van der Waals surface area contributed by atoms with Gasteiger partial charge in [-0.1, -0.05) is 67.2 Å². The average molecular weight is 361 g/mol. The molecule has 3 aromatic rings. The number of esters is 1. The summed E-state index contributed by atoms with van der Waals surface area (Å²) in [6, 6.07) is 13.3. The summed E-state index contributed by atoms with van der Waals surface area (Å²) in [6.07, 6.45) is 3.27. The van der Waals surface area contributed by atoms with Crippen LogP contribution in [0.4, 0.5) is 0 Å². The normalized spacial score (nSPS) is 11.1. The first-order valence-corrected chi connectivity index (χ1v) is 8.87. The van der Waals surface area contributed by atoms with Gasteiger partial charge in [0, 0.05) is 17.2 Å². The number of fused-ring (bicyclic) bond motifs is 2. The van der Waals surface area contributed by atoms with Crippen LogP contribution in [0.1, 0.15) is 32.6 Å². The van der Waals surface area contributed by atoms with Gasteiger partial charge in [0.05, 0.1) is 10.0 Å². The Morgan fingerprint density at radius 3 is 2.08 bits per heavy atom. The van der Waals surface area contributed by atoms with E-state index in [-0.39, 0.29) is 5.97 Å². The van der Waals surface area contributed by atoms with Gasteiger partial charge in [-0.15, -0.1) is 0 Å². The van der Waals surface area contributed by atoms with Gasteiger partial charge in [0.1, 0.15) is 5.75 Å². The number of ether oxygens (including phenoxy) is 1. The summed E-state index contributed by atoms with van der Waals surface area (Å²) in [4.78, 5) is 12.3. The van der Waals surface area contributed by atoms with Crippen LogP contribution in [-0.4, -0.2) is 5.97 Å². The minimum Gasteiger partial charge on any atom is -0.425 e. The lowest BCUT2D eigenvalue weighted by atomic mass is 10.0. The molecule has 0 N–H and O–H groups in total. The minimum atomic E-state index is -0.253. The van der Waals surface area contributed by atoms with Gasteiger partial charge in [-0.25, -0.2) is 0 Å². The van der Waals surface area contributed by atoms with Crippen LogP contribution in [0.5, 0.6) is 5.75 Å². The van der Waals surface area contributed by atoms with Crippen molar-refractivity contribution < 1.29 is 9.53 Å². The van der Waals surface area contributed by atoms with Crippen molar-refractivity contribution in [2.45, 2.75) is 32.6 Å². The van der Waals surface area contributed by atoms with Gasteiger partial charge in [-0.3, -0.25) is 4.79 Å². The highest BCUT2D eigenvalue weighted by molar-refractivity contribution is 6.39. The smallest absolute Gasteiger partial charge is 0.311 e. The Balaban J connectivity index is 2.16. The second-order valence-corrected chi connectivity index (χ2v) is 6.63. The number of hydrogen-bond donors (Lipinski definition) is 0. The molecule has 0 bridgehead atoms. The quantitative estimate of drug-likeness (QED) is 0.217. The van der Waals surface area contributed by atoms with E-state index in [0.717, 1.165) is 40.8 Å². The SMILES string of the molecule is CCCCCC(=O)Oc1c2c(Cl)cccc2cc2cccc(Cl)c12. The van der Waals surface area contributed by atoms with E-state index < -0.39 is 0 Å². The minimum absolute atomic E-state index is 0.253. The molecular weight excluding hydrogens is 343 g/mol. The summed E-state index contributed by atoms with van der Waals surface area (Å²) in [6.45, 7) is 2.10. The van der Waals surface area contributed by atoms with Crippen LogP contribution in [0.3, 0.4) is 0 Å². The van der Waals surface area contributed by atoms with Crippen LogP contribution >= 0.6 is 23.2 Å². The third-order valence-corrected chi connectivity index (χ3v) is 4.69. The maximum absolute atomic E-state index is 12.3. The molecule has 0 atom stereocenters. The lowest BCUT2D eigenvalue weighted by molar-refractivity contribution is -0.134. The third kappa shape index (κ3) is 3.35. The molecule has 0 aliphatic carbocycles. The van der Waals surface area contributed by atoms with Gasteiger partial charge in [0.25, 0.3) is 0 Å². The molecule has 0 saturated carbocycles. The van der Waals surface area contributed by atoms with E-state index in [1.165, 1.54) is 0 Å². The van der Waals surface area contributed by atoms with E-state index >= 15 is 0 Å². The summed E-state index contributed by atoms with van der Waals surface area (Å²) in [5.74, 6) is 0.206. The van der Waals surface area contributed by atoms with Crippen molar-refractivity contribution in [1.82, 2.24) is 0 Å². The Bertz CT molecular complexity index is 843. The highest BCUT2D eigenvalue weighted by Crippen LogP contribution is 2.42. The van der Waals surface area contributed by atoms with Gasteiger partial charge in [-0.2, -0.15) is 0 Å². The molecule has 0 saturated heterocycles. The second-order valence-electron chi connectivity index (χ2n) is 5.81. The van der Waals surface area contributed by atoms with Gasteiger partial charge < -0.3 is 4.74 Å². The molecule has 0 fully saturated rings. The van der Waals surface area contributed by atoms with Gasteiger partial charge >= 0.3 is 5.97 Å². The van der Waals surface area contributed by atoms with Crippen molar-refractivity contribution >= 4 is 50.7 Å². The van der Waals surface area contributed by atoms with Crippen molar-refractivity contribution in [3.63, 3.8) is 0 Å². The van der Waals surface area contributed by atoms with Crippen molar-refractivity contribution in [3.05, 3.63) is 52.5 Å². The molecule has 0 radical (unpaired) electrons. The number of carbonyl (C=O) groups is 1. The van der Waals surface area contributed by atoms with Crippen LogP contribution in [0.25, 0.3) is 21.5 Å². The molecule has 0 amide bonds. The zero-order valence-corrected chi connectivity index (χ0v) is 15.0.